The molecule has 0 amide bonds. The van der Waals surface area contributed by atoms with Gasteiger partial charge in [0.05, 0.1) is 6.54 Å². The van der Waals surface area contributed by atoms with Crippen molar-refractivity contribution < 1.29 is 0 Å². The SMILES string of the molecule is Cc1cccc(Cn2c(C)ccc(CN)c2=O)c1. The van der Waals surface area contributed by atoms with Gasteiger partial charge in [0.1, 0.15) is 0 Å². The van der Waals surface area contributed by atoms with Crippen molar-refractivity contribution in [2.45, 2.75) is 26.9 Å². The maximum Gasteiger partial charge on any atom is 0.255 e. The molecule has 0 spiro atoms. The molecule has 0 fully saturated rings. The fourth-order valence-electron chi connectivity index (χ4n) is 2.06. The molecule has 18 heavy (non-hydrogen) atoms. The first kappa shape index (κ1) is 12.6. The molecule has 0 unspecified atom stereocenters. The highest BCUT2D eigenvalue weighted by atomic mass is 16.1. The van der Waals surface area contributed by atoms with Gasteiger partial charge in [0, 0.05) is 17.8 Å². The molecular formula is C15H18N2O. The Hall–Kier alpha value is -1.87. The number of pyridine rings is 1. The first-order chi connectivity index (χ1) is 8.61. The van der Waals surface area contributed by atoms with Crippen molar-refractivity contribution in [3.63, 3.8) is 0 Å². The van der Waals surface area contributed by atoms with Gasteiger partial charge >= 0.3 is 0 Å². The summed E-state index contributed by atoms with van der Waals surface area (Å²) in [5.41, 5.74) is 9.54. The van der Waals surface area contributed by atoms with Crippen LogP contribution >= 0.6 is 0 Å². The molecule has 0 aliphatic heterocycles. The molecule has 94 valence electrons. The van der Waals surface area contributed by atoms with E-state index in [9.17, 15) is 4.79 Å². The van der Waals surface area contributed by atoms with Crippen LogP contribution in [0.1, 0.15) is 22.4 Å². The number of benzene rings is 1. The molecule has 3 nitrogen and oxygen atoms in total. The van der Waals surface area contributed by atoms with E-state index in [-0.39, 0.29) is 12.1 Å². The van der Waals surface area contributed by atoms with E-state index in [1.807, 2.05) is 31.2 Å². The van der Waals surface area contributed by atoms with Crippen molar-refractivity contribution in [3.8, 4) is 0 Å². The van der Waals surface area contributed by atoms with Gasteiger partial charge in [0.15, 0.2) is 0 Å². The molecular weight excluding hydrogens is 224 g/mol. The van der Waals surface area contributed by atoms with Gasteiger partial charge in [-0.1, -0.05) is 35.9 Å². The smallest absolute Gasteiger partial charge is 0.255 e. The van der Waals surface area contributed by atoms with Crippen molar-refractivity contribution in [2.75, 3.05) is 0 Å². The van der Waals surface area contributed by atoms with Gasteiger partial charge in [-0.15, -0.1) is 0 Å². The maximum atomic E-state index is 12.2. The Kier molecular flexibility index (Phi) is 3.63. The summed E-state index contributed by atoms with van der Waals surface area (Å²) in [6, 6.07) is 12.0. The van der Waals surface area contributed by atoms with Gasteiger partial charge in [-0.05, 0) is 25.5 Å². The average molecular weight is 242 g/mol. The Bertz CT molecular complexity index is 614. The van der Waals surface area contributed by atoms with Crippen molar-refractivity contribution in [2.24, 2.45) is 5.73 Å². The number of aromatic nitrogens is 1. The lowest BCUT2D eigenvalue weighted by Crippen LogP contribution is -2.27. The second-order valence-electron chi connectivity index (χ2n) is 4.58. The molecule has 1 heterocycles. The zero-order chi connectivity index (χ0) is 13.1. The predicted molar refractivity (Wildman–Crippen MR) is 73.6 cm³/mol. The summed E-state index contributed by atoms with van der Waals surface area (Å²) in [4.78, 5) is 12.2. The molecule has 2 rings (SSSR count). The van der Waals surface area contributed by atoms with E-state index in [0.29, 0.717) is 12.1 Å². The van der Waals surface area contributed by atoms with E-state index in [2.05, 4.69) is 19.1 Å². The highest BCUT2D eigenvalue weighted by molar-refractivity contribution is 5.24. The molecule has 2 aromatic rings. The van der Waals surface area contributed by atoms with Crippen molar-refractivity contribution in [3.05, 3.63) is 69.1 Å². The van der Waals surface area contributed by atoms with Crippen molar-refractivity contribution >= 4 is 0 Å². The van der Waals surface area contributed by atoms with E-state index in [1.165, 1.54) is 5.56 Å². The van der Waals surface area contributed by atoms with E-state index >= 15 is 0 Å². The summed E-state index contributed by atoms with van der Waals surface area (Å²) in [6.45, 7) is 4.88. The van der Waals surface area contributed by atoms with E-state index in [4.69, 9.17) is 5.73 Å². The molecule has 1 aromatic carbocycles. The minimum absolute atomic E-state index is 0.0130. The van der Waals surface area contributed by atoms with Crippen LogP contribution < -0.4 is 11.3 Å². The van der Waals surface area contributed by atoms with Crippen LogP contribution in [-0.2, 0) is 13.1 Å². The minimum atomic E-state index is 0.0130. The summed E-state index contributed by atoms with van der Waals surface area (Å²) in [7, 11) is 0. The lowest BCUT2D eigenvalue weighted by molar-refractivity contribution is 0.716. The van der Waals surface area contributed by atoms with Crippen molar-refractivity contribution in [1.82, 2.24) is 4.57 Å². The van der Waals surface area contributed by atoms with Crippen LogP contribution in [0.3, 0.4) is 0 Å². The topological polar surface area (TPSA) is 48.0 Å². The summed E-state index contributed by atoms with van der Waals surface area (Å²) in [5, 5.41) is 0. The molecule has 2 N–H and O–H groups in total. The fraction of sp³-hybridized carbons (Fsp3) is 0.267. The largest absolute Gasteiger partial charge is 0.326 e. The second kappa shape index (κ2) is 5.19. The van der Waals surface area contributed by atoms with Gasteiger partial charge in [0.25, 0.3) is 5.56 Å². The Morgan fingerprint density at radius 3 is 2.61 bits per heavy atom. The van der Waals surface area contributed by atoms with E-state index < -0.39 is 0 Å². The number of nitrogens with zero attached hydrogens (tertiary/aromatic N) is 1. The molecule has 0 aliphatic rings. The number of nitrogens with two attached hydrogens (primary N) is 1. The summed E-state index contributed by atoms with van der Waals surface area (Å²) in [6.07, 6.45) is 0. The standard InChI is InChI=1S/C15H18N2O/c1-11-4-3-5-13(8-11)10-17-12(2)6-7-14(9-16)15(17)18/h3-8H,9-10,16H2,1-2H3. The van der Waals surface area contributed by atoms with Crippen molar-refractivity contribution in [1.29, 1.82) is 0 Å². The first-order valence-corrected chi connectivity index (χ1v) is 6.06. The molecule has 0 bridgehead atoms. The van der Waals surface area contributed by atoms with Crippen LogP contribution in [0.25, 0.3) is 0 Å². The molecule has 0 saturated carbocycles. The van der Waals surface area contributed by atoms with Crippen LogP contribution in [-0.4, -0.2) is 4.57 Å². The van der Waals surface area contributed by atoms with Gasteiger partial charge in [-0.25, -0.2) is 0 Å². The third-order valence-corrected chi connectivity index (χ3v) is 3.11. The van der Waals surface area contributed by atoms with Crippen LogP contribution in [0, 0.1) is 13.8 Å². The van der Waals surface area contributed by atoms with Gasteiger partial charge in [0.2, 0.25) is 0 Å². The average Bonchev–Trinajstić information content (AvgIpc) is 2.35. The zero-order valence-electron chi connectivity index (χ0n) is 10.8. The van der Waals surface area contributed by atoms with Crippen LogP contribution in [0.15, 0.2) is 41.2 Å². The molecule has 0 atom stereocenters. The summed E-state index contributed by atoms with van der Waals surface area (Å²) in [5.74, 6) is 0. The highest BCUT2D eigenvalue weighted by Gasteiger charge is 2.05. The lowest BCUT2D eigenvalue weighted by Gasteiger charge is -2.12. The fourth-order valence-corrected chi connectivity index (χ4v) is 2.06. The third-order valence-electron chi connectivity index (χ3n) is 3.11. The minimum Gasteiger partial charge on any atom is -0.326 e. The molecule has 3 heteroatoms. The molecule has 0 radical (unpaired) electrons. The Morgan fingerprint density at radius 2 is 1.94 bits per heavy atom. The Morgan fingerprint density at radius 1 is 1.17 bits per heavy atom. The van der Waals surface area contributed by atoms with Gasteiger partial charge in [-0.2, -0.15) is 0 Å². The third kappa shape index (κ3) is 2.51. The zero-order valence-corrected chi connectivity index (χ0v) is 10.8. The van der Waals surface area contributed by atoms with Crippen LogP contribution in [0.4, 0.5) is 0 Å². The second-order valence-corrected chi connectivity index (χ2v) is 4.58. The molecule has 0 aliphatic carbocycles. The highest BCUT2D eigenvalue weighted by Crippen LogP contribution is 2.07. The monoisotopic (exact) mass is 242 g/mol. The van der Waals surface area contributed by atoms with Gasteiger partial charge in [-0.3, -0.25) is 4.79 Å². The number of hydrogen-bond donors (Lipinski definition) is 1. The normalized spacial score (nSPS) is 10.6. The number of rotatable bonds is 3. The van der Waals surface area contributed by atoms with Crippen LogP contribution in [0.2, 0.25) is 0 Å². The predicted octanol–water partition coefficient (Wildman–Crippen LogP) is 1.97. The summed E-state index contributed by atoms with van der Waals surface area (Å²) < 4.78 is 1.77. The Labute approximate surface area is 107 Å². The number of aryl methyl sites for hydroxylation is 2. The Balaban J connectivity index is 2.43. The lowest BCUT2D eigenvalue weighted by atomic mass is 10.1. The molecule has 1 aromatic heterocycles. The van der Waals surface area contributed by atoms with E-state index in [0.717, 1.165) is 11.3 Å². The van der Waals surface area contributed by atoms with Crippen LogP contribution in [0.5, 0.6) is 0 Å². The quantitative estimate of drug-likeness (QED) is 0.894. The summed E-state index contributed by atoms with van der Waals surface area (Å²) >= 11 is 0. The van der Waals surface area contributed by atoms with Gasteiger partial charge < -0.3 is 10.3 Å². The van der Waals surface area contributed by atoms with E-state index in [1.54, 1.807) is 4.57 Å². The maximum absolute atomic E-state index is 12.2. The first-order valence-electron chi connectivity index (χ1n) is 6.06. The number of hydrogen-bond acceptors (Lipinski definition) is 2. The molecule has 0 saturated heterocycles.